The van der Waals surface area contributed by atoms with Crippen molar-refractivity contribution in [2.75, 3.05) is 32.7 Å². The lowest BCUT2D eigenvalue weighted by molar-refractivity contribution is 0.102. The standard InChI is InChI=1S/C24H26N2O6S/c1-17-8-13-20(33(28,29)25-14-15-30-2)16-21(17)24(27)26-18-9-11-19(12-10-18)32-23-7-5-4-6-22(23)31-3/h4-13,16,25H,14-15H2,1-3H3,(H,26,27). The van der Waals surface area contributed by atoms with Gasteiger partial charge < -0.3 is 19.5 Å². The molecule has 0 atom stereocenters. The molecule has 0 unspecified atom stereocenters. The number of rotatable bonds is 10. The van der Waals surface area contributed by atoms with E-state index >= 15 is 0 Å². The molecule has 3 aromatic rings. The second-order valence-electron chi connectivity index (χ2n) is 7.10. The maximum absolute atomic E-state index is 12.8. The molecule has 2 N–H and O–H groups in total. The summed E-state index contributed by atoms with van der Waals surface area (Å²) in [5, 5.41) is 2.79. The SMILES string of the molecule is COCCNS(=O)(=O)c1ccc(C)c(C(=O)Nc2ccc(Oc3ccccc3OC)cc2)c1. The number of aryl methyl sites for hydroxylation is 1. The van der Waals surface area contributed by atoms with Gasteiger partial charge in [-0.2, -0.15) is 0 Å². The van der Waals surface area contributed by atoms with Crippen molar-refractivity contribution in [3.05, 3.63) is 77.9 Å². The number of anilines is 1. The Kier molecular flexibility index (Phi) is 8.05. The Bertz CT molecular complexity index is 1210. The largest absolute Gasteiger partial charge is 0.493 e. The number of benzene rings is 3. The normalized spacial score (nSPS) is 11.1. The lowest BCUT2D eigenvalue weighted by atomic mass is 10.1. The van der Waals surface area contributed by atoms with Crippen molar-refractivity contribution in [2.45, 2.75) is 11.8 Å². The Morgan fingerprint density at radius 2 is 1.64 bits per heavy atom. The van der Waals surface area contributed by atoms with Crippen molar-refractivity contribution in [3.8, 4) is 17.2 Å². The average Bonchev–Trinajstić information content (AvgIpc) is 2.81. The van der Waals surface area contributed by atoms with Crippen LogP contribution in [0.4, 0.5) is 5.69 Å². The van der Waals surface area contributed by atoms with Crippen molar-refractivity contribution >= 4 is 21.6 Å². The van der Waals surface area contributed by atoms with E-state index in [1.54, 1.807) is 56.5 Å². The molecule has 174 valence electrons. The van der Waals surface area contributed by atoms with Gasteiger partial charge in [0.05, 0.1) is 18.6 Å². The number of ether oxygens (including phenoxy) is 3. The molecule has 3 aromatic carbocycles. The number of nitrogens with one attached hydrogen (secondary N) is 2. The van der Waals surface area contributed by atoms with Gasteiger partial charge >= 0.3 is 0 Å². The number of methoxy groups -OCH3 is 2. The van der Waals surface area contributed by atoms with Crippen LogP contribution >= 0.6 is 0 Å². The Morgan fingerprint density at radius 1 is 0.939 bits per heavy atom. The van der Waals surface area contributed by atoms with E-state index in [4.69, 9.17) is 14.2 Å². The Labute approximate surface area is 193 Å². The molecule has 8 nitrogen and oxygen atoms in total. The molecule has 0 aliphatic heterocycles. The summed E-state index contributed by atoms with van der Waals surface area (Å²) in [6.45, 7) is 2.13. The maximum atomic E-state index is 12.8. The van der Waals surface area contributed by atoms with Crippen molar-refractivity contribution in [3.63, 3.8) is 0 Å². The predicted octanol–water partition coefficient (Wildman–Crippen LogP) is 3.97. The number of hydrogen-bond acceptors (Lipinski definition) is 6. The molecule has 1 amide bonds. The van der Waals surface area contributed by atoms with Gasteiger partial charge in [-0.05, 0) is 61.0 Å². The fourth-order valence-corrected chi connectivity index (χ4v) is 4.05. The molecule has 0 spiro atoms. The smallest absolute Gasteiger partial charge is 0.255 e. The summed E-state index contributed by atoms with van der Waals surface area (Å²) in [6.07, 6.45) is 0. The molecule has 3 rings (SSSR count). The molecule has 0 saturated heterocycles. The fraction of sp³-hybridized carbons (Fsp3) is 0.208. The summed E-state index contributed by atoms with van der Waals surface area (Å²) in [4.78, 5) is 12.8. The molecule has 0 aromatic heterocycles. The lowest BCUT2D eigenvalue weighted by Gasteiger charge is -2.12. The van der Waals surface area contributed by atoms with Gasteiger partial charge in [-0.15, -0.1) is 0 Å². The molecule has 0 fully saturated rings. The zero-order valence-corrected chi connectivity index (χ0v) is 19.4. The van der Waals surface area contributed by atoms with Gasteiger partial charge in [0, 0.05) is 24.9 Å². The molecule has 33 heavy (non-hydrogen) atoms. The van der Waals surface area contributed by atoms with Crippen LogP contribution in [0.3, 0.4) is 0 Å². The first-order valence-corrected chi connectivity index (χ1v) is 11.6. The highest BCUT2D eigenvalue weighted by atomic mass is 32.2. The summed E-state index contributed by atoms with van der Waals surface area (Å²) in [5.41, 5.74) is 1.46. The van der Waals surface area contributed by atoms with Crippen LogP contribution in [0.15, 0.2) is 71.6 Å². The van der Waals surface area contributed by atoms with Gasteiger partial charge in [-0.3, -0.25) is 4.79 Å². The lowest BCUT2D eigenvalue weighted by Crippen LogP contribution is -2.27. The second-order valence-corrected chi connectivity index (χ2v) is 8.87. The van der Waals surface area contributed by atoms with E-state index in [9.17, 15) is 13.2 Å². The molecule has 0 heterocycles. The highest BCUT2D eigenvalue weighted by Crippen LogP contribution is 2.31. The number of carbonyl (C=O) groups excluding carboxylic acids is 1. The summed E-state index contributed by atoms with van der Waals surface area (Å²) in [7, 11) is -0.702. The molecule has 0 radical (unpaired) electrons. The van der Waals surface area contributed by atoms with Crippen LogP contribution in [0.25, 0.3) is 0 Å². The van der Waals surface area contributed by atoms with Gasteiger partial charge in [0.1, 0.15) is 5.75 Å². The molecular formula is C24H26N2O6S. The van der Waals surface area contributed by atoms with Crippen LogP contribution in [0.1, 0.15) is 15.9 Å². The second kappa shape index (κ2) is 11.0. The number of hydrogen-bond donors (Lipinski definition) is 2. The third-order valence-corrected chi connectivity index (χ3v) is 6.23. The van der Waals surface area contributed by atoms with E-state index in [2.05, 4.69) is 10.0 Å². The van der Waals surface area contributed by atoms with Gasteiger partial charge in [0.15, 0.2) is 11.5 Å². The molecule has 9 heteroatoms. The van der Waals surface area contributed by atoms with E-state index in [-0.39, 0.29) is 23.6 Å². The molecule has 0 bridgehead atoms. The number of amides is 1. The van der Waals surface area contributed by atoms with Gasteiger partial charge in [0.2, 0.25) is 10.0 Å². The molecule has 0 saturated carbocycles. The highest BCUT2D eigenvalue weighted by Gasteiger charge is 2.18. The van der Waals surface area contributed by atoms with E-state index in [1.807, 2.05) is 12.1 Å². The van der Waals surface area contributed by atoms with Crippen molar-refractivity contribution < 1.29 is 27.4 Å². The highest BCUT2D eigenvalue weighted by molar-refractivity contribution is 7.89. The van der Waals surface area contributed by atoms with Crippen molar-refractivity contribution in [1.29, 1.82) is 0 Å². The molecular weight excluding hydrogens is 444 g/mol. The first-order valence-electron chi connectivity index (χ1n) is 10.2. The van der Waals surface area contributed by atoms with Crippen molar-refractivity contribution in [1.82, 2.24) is 4.72 Å². The van der Waals surface area contributed by atoms with Gasteiger partial charge in [0.25, 0.3) is 5.91 Å². The Balaban J connectivity index is 1.72. The minimum Gasteiger partial charge on any atom is -0.493 e. The summed E-state index contributed by atoms with van der Waals surface area (Å²) < 4.78 is 43.3. The van der Waals surface area contributed by atoms with E-state index < -0.39 is 15.9 Å². The summed E-state index contributed by atoms with van der Waals surface area (Å²) in [6, 6.07) is 18.5. The summed E-state index contributed by atoms with van der Waals surface area (Å²) in [5.74, 6) is 1.34. The molecule has 0 aliphatic carbocycles. The van der Waals surface area contributed by atoms with Gasteiger partial charge in [-0.1, -0.05) is 18.2 Å². The molecule has 0 aliphatic rings. The van der Waals surface area contributed by atoms with Crippen molar-refractivity contribution in [2.24, 2.45) is 0 Å². The monoisotopic (exact) mass is 470 g/mol. The third kappa shape index (κ3) is 6.32. The van der Waals surface area contributed by atoms with E-state index in [0.29, 0.717) is 28.5 Å². The Hall–Kier alpha value is -3.40. The number of carbonyl (C=O) groups is 1. The maximum Gasteiger partial charge on any atom is 0.255 e. The zero-order valence-electron chi connectivity index (χ0n) is 18.6. The fourth-order valence-electron chi connectivity index (χ4n) is 3.01. The van der Waals surface area contributed by atoms with Crippen LogP contribution in [-0.2, 0) is 14.8 Å². The quantitative estimate of drug-likeness (QED) is 0.435. The zero-order chi connectivity index (χ0) is 23.8. The van der Waals surface area contributed by atoms with E-state index in [1.165, 1.54) is 19.2 Å². The van der Waals surface area contributed by atoms with Gasteiger partial charge in [-0.25, -0.2) is 13.1 Å². The van der Waals surface area contributed by atoms with E-state index in [0.717, 1.165) is 0 Å². The van der Waals surface area contributed by atoms with Crippen LogP contribution in [-0.4, -0.2) is 41.7 Å². The predicted molar refractivity (Wildman–Crippen MR) is 126 cm³/mol. The van der Waals surface area contributed by atoms with Crippen LogP contribution in [0, 0.1) is 6.92 Å². The minimum atomic E-state index is -3.76. The number of para-hydroxylation sites is 2. The Morgan fingerprint density at radius 3 is 2.30 bits per heavy atom. The first-order chi connectivity index (χ1) is 15.8. The average molecular weight is 471 g/mol. The first kappa shape index (κ1) is 24.2. The van der Waals surface area contributed by atoms with Crippen LogP contribution in [0.2, 0.25) is 0 Å². The minimum absolute atomic E-state index is 0.00918. The number of sulfonamides is 1. The topological polar surface area (TPSA) is 103 Å². The van der Waals surface area contributed by atoms with Crippen LogP contribution in [0.5, 0.6) is 17.2 Å². The van der Waals surface area contributed by atoms with Crippen LogP contribution < -0.4 is 19.5 Å². The summed E-state index contributed by atoms with van der Waals surface area (Å²) >= 11 is 0. The third-order valence-electron chi connectivity index (χ3n) is 4.77.